The molecule has 1 fully saturated rings. The molecule has 1 heterocycles. The lowest BCUT2D eigenvalue weighted by molar-refractivity contribution is 0.0700. The number of rotatable bonds is 4. The zero-order valence-corrected chi connectivity index (χ0v) is 17.3. The highest BCUT2D eigenvalue weighted by Gasteiger charge is 2.39. The van der Waals surface area contributed by atoms with Crippen molar-refractivity contribution in [3.63, 3.8) is 0 Å². The standard InChI is InChI=1S/C25H21ClN2O2/c1-30-24-15-18(11-13-20(24)17-7-3-2-4-8-17)25(29)28-19(16-27)12-14-23(28)21-9-5-6-10-22(21)26/h2-11,13,15,19,23H,12,14H2,1H3/t19-,23+/m0/s1. The SMILES string of the molecule is COc1cc(C(=O)N2[C@H](C#N)CC[C@@H]2c2ccccc2Cl)ccc1-c1ccccc1. The first kappa shape index (κ1) is 20.0. The van der Waals surface area contributed by atoms with Crippen molar-refractivity contribution in [3.8, 4) is 22.9 Å². The largest absolute Gasteiger partial charge is 0.496 e. The van der Waals surface area contributed by atoms with Crippen LogP contribution in [0, 0.1) is 11.3 Å². The molecule has 0 bridgehead atoms. The zero-order chi connectivity index (χ0) is 21.1. The maximum Gasteiger partial charge on any atom is 0.255 e. The van der Waals surface area contributed by atoms with Gasteiger partial charge in [0.2, 0.25) is 0 Å². The highest BCUT2D eigenvalue weighted by molar-refractivity contribution is 6.31. The van der Waals surface area contributed by atoms with Crippen LogP contribution in [0.25, 0.3) is 11.1 Å². The van der Waals surface area contributed by atoms with Gasteiger partial charge in [0.1, 0.15) is 11.8 Å². The average molecular weight is 417 g/mol. The van der Waals surface area contributed by atoms with E-state index in [-0.39, 0.29) is 11.9 Å². The second-order valence-electron chi connectivity index (χ2n) is 7.25. The number of carbonyl (C=O) groups excluding carboxylic acids is 1. The fourth-order valence-corrected chi connectivity index (χ4v) is 4.36. The highest BCUT2D eigenvalue weighted by atomic mass is 35.5. The van der Waals surface area contributed by atoms with E-state index in [1.807, 2.05) is 60.7 Å². The molecule has 3 aromatic carbocycles. The molecule has 150 valence electrons. The van der Waals surface area contributed by atoms with E-state index in [2.05, 4.69) is 6.07 Å². The van der Waals surface area contributed by atoms with Crippen LogP contribution in [0.15, 0.2) is 72.8 Å². The van der Waals surface area contributed by atoms with Crippen LogP contribution in [0.4, 0.5) is 0 Å². The minimum absolute atomic E-state index is 0.193. The van der Waals surface area contributed by atoms with E-state index in [1.165, 1.54) is 0 Å². The van der Waals surface area contributed by atoms with Gasteiger partial charge in [0.15, 0.2) is 0 Å². The van der Waals surface area contributed by atoms with Gasteiger partial charge in [0.25, 0.3) is 5.91 Å². The number of benzene rings is 3. The molecule has 0 aromatic heterocycles. The Morgan fingerprint density at radius 1 is 1.07 bits per heavy atom. The maximum absolute atomic E-state index is 13.5. The highest BCUT2D eigenvalue weighted by Crippen LogP contribution is 2.40. The van der Waals surface area contributed by atoms with E-state index in [0.29, 0.717) is 29.2 Å². The monoisotopic (exact) mass is 416 g/mol. The second kappa shape index (κ2) is 8.61. The summed E-state index contributed by atoms with van der Waals surface area (Å²) in [5, 5.41) is 10.3. The molecule has 3 aromatic rings. The van der Waals surface area contributed by atoms with Gasteiger partial charge in [-0.05, 0) is 48.2 Å². The summed E-state index contributed by atoms with van der Waals surface area (Å²) in [5.41, 5.74) is 3.29. The Morgan fingerprint density at radius 2 is 1.80 bits per heavy atom. The fourth-order valence-electron chi connectivity index (χ4n) is 4.10. The quantitative estimate of drug-likeness (QED) is 0.533. The smallest absolute Gasteiger partial charge is 0.255 e. The number of nitriles is 1. The third-order valence-corrected chi connectivity index (χ3v) is 5.91. The number of ether oxygens (including phenoxy) is 1. The van der Waals surface area contributed by atoms with Crippen LogP contribution >= 0.6 is 11.6 Å². The van der Waals surface area contributed by atoms with Crippen molar-refractivity contribution in [1.82, 2.24) is 4.90 Å². The minimum Gasteiger partial charge on any atom is -0.496 e. The molecule has 0 radical (unpaired) electrons. The van der Waals surface area contributed by atoms with Crippen molar-refractivity contribution in [1.29, 1.82) is 5.26 Å². The fraction of sp³-hybridized carbons (Fsp3) is 0.200. The molecule has 0 saturated carbocycles. The Bertz CT molecular complexity index is 1110. The van der Waals surface area contributed by atoms with Crippen molar-refractivity contribution in [2.45, 2.75) is 24.9 Å². The van der Waals surface area contributed by atoms with Crippen LogP contribution in [0.1, 0.15) is 34.8 Å². The lowest BCUT2D eigenvalue weighted by Gasteiger charge is -2.28. The summed E-state index contributed by atoms with van der Waals surface area (Å²) < 4.78 is 5.58. The Morgan fingerprint density at radius 3 is 2.50 bits per heavy atom. The van der Waals surface area contributed by atoms with E-state index in [1.54, 1.807) is 24.1 Å². The van der Waals surface area contributed by atoms with Gasteiger partial charge in [-0.1, -0.05) is 60.1 Å². The second-order valence-corrected chi connectivity index (χ2v) is 7.66. The summed E-state index contributed by atoms with van der Waals surface area (Å²) >= 11 is 6.41. The molecule has 4 nitrogen and oxygen atoms in total. The number of nitrogens with zero attached hydrogens (tertiary/aromatic N) is 2. The summed E-state index contributed by atoms with van der Waals surface area (Å²) in [6.07, 6.45) is 1.32. The van der Waals surface area contributed by atoms with E-state index in [4.69, 9.17) is 16.3 Å². The van der Waals surface area contributed by atoms with E-state index < -0.39 is 6.04 Å². The molecule has 1 saturated heterocycles. The van der Waals surface area contributed by atoms with Crippen molar-refractivity contribution >= 4 is 17.5 Å². The molecule has 0 spiro atoms. The Hall–Kier alpha value is -3.29. The molecule has 0 N–H and O–H groups in total. The van der Waals surface area contributed by atoms with Crippen LogP contribution in [-0.2, 0) is 0 Å². The normalized spacial score (nSPS) is 18.1. The van der Waals surface area contributed by atoms with Crippen LogP contribution in [0.5, 0.6) is 5.75 Å². The first-order chi connectivity index (χ1) is 14.6. The molecule has 0 aliphatic carbocycles. The van der Waals surface area contributed by atoms with Crippen LogP contribution in [0.3, 0.4) is 0 Å². The van der Waals surface area contributed by atoms with Crippen LogP contribution in [0.2, 0.25) is 5.02 Å². The molecule has 0 unspecified atom stereocenters. The third-order valence-electron chi connectivity index (χ3n) is 5.57. The van der Waals surface area contributed by atoms with Gasteiger partial charge in [-0.15, -0.1) is 0 Å². The Kier molecular flexibility index (Phi) is 5.74. The number of likely N-dealkylation sites (tertiary alicyclic amines) is 1. The van der Waals surface area contributed by atoms with E-state index >= 15 is 0 Å². The van der Waals surface area contributed by atoms with Gasteiger partial charge in [0, 0.05) is 16.1 Å². The van der Waals surface area contributed by atoms with Gasteiger partial charge in [-0.25, -0.2) is 0 Å². The van der Waals surface area contributed by atoms with Crippen LogP contribution < -0.4 is 4.74 Å². The molecule has 2 atom stereocenters. The molecule has 1 amide bonds. The zero-order valence-electron chi connectivity index (χ0n) is 16.6. The van der Waals surface area contributed by atoms with E-state index in [9.17, 15) is 10.1 Å². The summed E-state index contributed by atoms with van der Waals surface area (Å²) in [4.78, 5) is 15.2. The Balaban J connectivity index is 1.72. The van der Waals surface area contributed by atoms with Gasteiger partial charge in [-0.2, -0.15) is 5.26 Å². The predicted octanol–water partition coefficient (Wildman–Crippen LogP) is 5.89. The van der Waals surface area contributed by atoms with Crippen LogP contribution in [-0.4, -0.2) is 24.0 Å². The summed E-state index contributed by atoms with van der Waals surface area (Å²) in [7, 11) is 1.59. The molecule has 30 heavy (non-hydrogen) atoms. The summed E-state index contributed by atoms with van der Waals surface area (Å²) in [6.45, 7) is 0. The minimum atomic E-state index is -0.487. The summed E-state index contributed by atoms with van der Waals surface area (Å²) in [6, 6.07) is 24.4. The maximum atomic E-state index is 13.5. The number of halogens is 1. The molecule has 1 aliphatic heterocycles. The third kappa shape index (κ3) is 3.65. The number of hydrogen-bond donors (Lipinski definition) is 0. The van der Waals surface area contributed by atoms with Crippen molar-refractivity contribution in [3.05, 3.63) is 88.9 Å². The predicted molar refractivity (Wildman–Crippen MR) is 117 cm³/mol. The summed E-state index contributed by atoms with van der Waals surface area (Å²) in [5.74, 6) is 0.427. The molecular formula is C25H21ClN2O2. The molecular weight excluding hydrogens is 396 g/mol. The first-order valence-corrected chi connectivity index (χ1v) is 10.2. The topological polar surface area (TPSA) is 53.3 Å². The average Bonchev–Trinajstić information content (AvgIpc) is 3.23. The van der Waals surface area contributed by atoms with Gasteiger partial charge in [0.05, 0.1) is 19.2 Å². The van der Waals surface area contributed by atoms with Gasteiger partial charge < -0.3 is 9.64 Å². The number of hydrogen-bond acceptors (Lipinski definition) is 3. The van der Waals surface area contributed by atoms with Crippen molar-refractivity contribution in [2.75, 3.05) is 7.11 Å². The first-order valence-electron chi connectivity index (χ1n) is 9.84. The number of methoxy groups -OCH3 is 1. The van der Waals surface area contributed by atoms with Crippen molar-refractivity contribution < 1.29 is 9.53 Å². The Labute approximate surface area is 181 Å². The van der Waals surface area contributed by atoms with Gasteiger partial charge >= 0.3 is 0 Å². The molecule has 4 rings (SSSR count). The van der Waals surface area contributed by atoms with Gasteiger partial charge in [-0.3, -0.25) is 4.79 Å². The van der Waals surface area contributed by atoms with Crippen molar-refractivity contribution in [2.24, 2.45) is 0 Å². The number of carbonyl (C=O) groups is 1. The number of amides is 1. The molecule has 5 heteroatoms. The lowest BCUT2D eigenvalue weighted by atomic mass is 10.0. The molecule has 1 aliphatic rings. The van der Waals surface area contributed by atoms with E-state index in [0.717, 1.165) is 16.7 Å². The lowest BCUT2D eigenvalue weighted by Crippen LogP contribution is -2.36.